The lowest BCUT2D eigenvalue weighted by atomic mass is 9.85. The Kier molecular flexibility index (Phi) is 2.51. The van der Waals surface area contributed by atoms with Gasteiger partial charge in [-0.25, -0.2) is 4.79 Å². The van der Waals surface area contributed by atoms with Gasteiger partial charge in [-0.15, -0.1) is 6.42 Å². The minimum atomic E-state index is -1.15. The van der Waals surface area contributed by atoms with E-state index in [4.69, 9.17) is 22.4 Å². The minimum absolute atomic E-state index is 0.385. The summed E-state index contributed by atoms with van der Waals surface area (Å²) < 4.78 is 5.38. The summed E-state index contributed by atoms with van der Waals surface area (Å²) in [5.41, 5.74) is 0.144. The van der Waals surface area contributed by atoms with E-state index in [1.807, 2.05) is 0 Å². The molecule has 1 aliphatic heterocycles. The molecule has 1 unspecified atom stereocenters. The maximum absolute atomic E-state index is 11.8. The van der Waals surface area contributed by atoms with E-state index in [-0.39, 0.29) is 6.03 Å². The van der Waals surface area contributed by atoms with Gasteiger partial charge in [-0.3, -0.25) is 0 Å². The first-order chi connectivity index (χ1) is 9.15. The first kappa shape index (κ1) is 11.7. The summed E-state index contributed by atoms with van der Waals surface area (Å²) in [6, 6.07) is 8.17. The van der Waals surface area contributed by atoms with E-state index in [0.717, 1.165) is 0 Å². The Bertz CT molecular complexity index is 688. The van der Waals surface area contributed by atoms with Gasteiger partial charge in [-0.05, 0) is 30.3 Å². The summed E-state index contributed by atoms with van der Waals surface area (Å²) in [5.74, 6) is 3.08. The third-order valence-electron chi connectivity index (χ3n) is 3.04. The second kappa shape index (κ2) is 4.08. The zero-order chi connectivity index (χ0) is 13.5. The number of carbonyl (C=O) groups is 1. The standard InChI is InChI=1S/C14H9ClN2O2/c1-2-14(12-4-3-7-19-12)10-8-9(15)5-6-11(10)16-13(18)17-14/h1,3-8H,(H2,16,17,18). The molecule has 0 aliphatic carbocycles. The molecule has 19 heavy (non-hydrogen) atoms. The van der Waals surface area contributed by atoms with E-state index < -0.39 is 5.54 Å². The Balaban J connectivity index is 2.30. The molecule has 2 aromatic rings. The van der Waals surface area contributed by atoms with Gasteiger partial charge in [0.1, 0.15) is 5.76 Å². The van der Waals surface area contributed by atoms with E-state index in [2.05, 4.69) is 16.6 Å². The van der Waals surface area contributed by atoms with Crippen LogP contribution in [0, 0.1) is 12.3 Å². The normalized spacial score (nSPS) is 20.9. The van der Waals surface area contributed by atoms with E-state index in [1.165, 1.54) is 6.26 Å². The highest BCUT2D eigenvalue weighted by Crippen LogP contribution is 2.38. The number of amides is 2. The van der Waals surface area contributed by atoms with Gasteiger partial charge in [0.05, 0.1) is 6.26 Å². The molecule has 5 heteroatoms. The molecule has 94 valence electrons. The van der Waals surface area contributed by atoms with Crippen LogP contribution in [0.3, 0.4) is 0 Å². The quantitative estimate of drug-likeness (QED) is 0.784. The number of hydrogen-bond donors (Lipinski definition) is 2. The lowest BCUT2D eigenvalue weighted by Crippen LogP contribution is -2.51. The highest BCUT2D eigenvalue weighted by atomic mass is 35.5. The Hall–Kier alpha value is -2.38. The Morgan fingerprint density at radius 3 is 2.89 bits per heavy atom. The number of anilines is 1. The first-order valence-corrected chi connectivity index (χ1v) is 5.94. The predicted octanol–water partition coefficient (Wildman–Crippen LogP) is 2.94. The Morgan fingerprint density at radius 2 is 2.21 bits per heavy atom. The van der Waals surface area contributed by atoms with Crippen molar-refractivity contribution in [3.05, 3.63) is 52.9 Å². The van der Waals surface area contributed by atoms with Gasteiger partial charge in [0.25, 0.3) is 0 Å². The van der Waals surface area contributed by atoms with Crippen molar-refractivity contribution < 1.29 is 9.21 Å². The van der Waals surface area contributed by atoms with E-state index in [0.29, 0.717) is 22.0 Å². The SMILES string of the molecule is C#CC1(c2ccco2)NC(=O)Nc2ccc(Cl)cc21. The van der Waals surface area contributed by atoms with Crippen molar-refractivity contribution in [1.29, 1.82) is 0 Å². The first-order valence-electron chi connectivity index (χ1n) is 5.56. The summed E-state index contributed by atoms with van der Waals surface area (Å²) in [4.78, 5) is 11.8. The smallest absolute Gasteiger partial charge is 0.321 e. The lowest BCUT2D eigenvalue weighted by Gasteiger charge is -2.34. The van der Waals surface area contributed by atoms with Crippen molar-refractivity contribution in [3.63, 3.8) is 0 Å². The number of nitrogens with one attached hydrogen (secondary N) is 2. The van der Waals surface area contributed by atoms with Crippen molar-refractivity contribution in [1.82, 2.24) is 5.32 Å². The number of halogens is 1. The molecule has 0 radical (unpaired) electrons. The molecule has 0 fully saturated rings. The molecule has 0 bridgehead atoms. The maximum Gasteiger partial charge on any atom is 0.321 e. The van der Waals surface area contributed by atoms with Crippen LogP contribution in [-0.2, 0) is 5.54 Å². The number of terminal acetylenes is 1. The monoisotopic (exact) mass is 272 g/mol. The molecule has 2 heterocycles. The van der Waals surface area contributed by atoms with Gasteiger partial charge in [0, 0.05) is 16.3 Å². The molecule has 4 nitrogen and oxygen atoms in total. The van der Waals surface area contributed by atoms with Crippen molar-refractivity contribution in [3.8, 4) is 12.3 Å². The molecular weight excluding hydrogens is 264 g/mol. The van der Waals surface area contributed by atoms with Gasteiger partial charge >= 0.3 is 6.03 Å². The number of carbonyl (C=O) groups excluding carboxylic acids is 1. The molecule has 0 saturated heterocycles. The number of urea groups is 1. The van der Waals surface area contributed by atoms with Crippen LogP contribution in [0.15, 0.2) is 41.0 Å². The third kappa shape index (κ3) is 1.67. The molecule has 1 aromatic carbocycles. The molecule has 2 amide bonds. The van der Waals surface area contributed by atoms with Gasteiger partial charge < -0.3 is 15.1 Å². The average molecular weight is 273 g/mol. The summed E-state index contributed by atoms with van der Waals surface area (Å²) in [6.07, 6.45) is 7.17. The second-order valence-corrected chi connectivity index (χ2v) is 4.58. The van der Waals surface area contributed by atoms with Gasteiger partial charge in [0.15, 0.2) is 5.54 Å². The summed E-state index contributed by atoms with van der Waals surface area (Å²) in [7, 11) is 0. The van der Waals surface area contributed by atoms with Gasteiger partial charge in [0.2, 0.25) is 0 Å². The van der Waals surface area contributed by atoms with E-state index >= 15 is 0 Å². The van der Waals surface area contributed by atoms with Crippen molar-refractivity contribution in [2.45, 2.75) is 5.54 Å². The van der Waals surface area contributed by atoms with Crippen molar-refractivity contribution in [2.24, 2.45) is 0 Å². The number of furan rings is 1. The fraction of sp³-hybridized carbons (Fsp3) is 0.0714. The zero-order valence-electron chi connectivity index (χ0n) is 9.74. The average Bonchev–Trinajstić information content (AvgIpc) is 2.92. The molecular formula is C14H9ClN2O2. The maximum atomic E-state index is 11.8. The molecule has 3 rings (SSSR count). The molecule has 1 aromatic heterocycles. The van der Waals surface area contributed by atoms with Crippen LogP contribution >= 0.6 is 11.6 Å². The predicted molar refractivity (Wildman–Crippen MR) is 71.9 cm³/mol. The van der Waals surface area contributed by atoms with Crippen LogP contribution in [0.5, 0.6) is 0 Å². The second-order valence-electron chi connectivity index (χ2n) is 4.14. The van der Waals surface area contributed by atoms with E-state index in [9.17, 15) is 4.79 Å². The fourth-order valence-electron chi connectivity index (χ4n) is 2.20. The third-order valence-corrected chi connectivity index (χ3v) is 3.28. The number of benzene rings is 1. The summed E-state index contributed by atoms with van der Waals surface area (Å²) in [5, 5.41) is 5.95. The van der Waals surface area contributed by atoms with E-state index in [1.54, 1.807) is 30.3 Å². The highest BCUT2D eigenvalue weighted by molar-refractivity contribution is 6.30. The van der Waals surface area contributed by atoms with Gasteiger partial charge in [-0.1, -0.05) is 17.5 Å². The van der Waals surface area contributed by atoms with Crippen molar-refractivity contribution in [2.75, 3.05) is 5.32 Å². The zero-order valence-corrected chi connectivity index (χ0v) is 10.5. The van der Waals surface area contributed by atoms with Crippen LogP contribution < -0.4 is 10.6 Å². The fourth-order valence-corrected chi connectivity index (χ4v) is 2.37. The van der Waals surface area contributed by atoms with Gasteiger partial charge in [-0.2, -0.15) is 0 Å². The largest absolute Gasteiger partial charge is 0.465 e. The van der Waals surface area contributed by atoms with Crippen LogP contribution in [0.2, 0.25) is 5.02 Å². The lowest BCUT2D eigenvalue weighted by molar-refractivity contribution is 0.242. The van der Waals surface area contributed by atoms with Crippen molar-refractivity contribution >= 4 is 23.3 Å². The Morgan fingerprint density at radius 1 is 1.37 bits per heavy atom. The van der Waals surface area contributed by atoms with Crippen LogP contribution in [0.4, 0.5) is 10.5 Å². The highest BCUT2D eigenvalue weighted by Gasteiger charge is 2.42. The molecule has 1 aliphatic rings. The van der Waals surface area contributed by atoms with Crippen LogP contribution in [0.25, 0.3) is 0 Å². The summed E-state index contributed by atoms with van der Waals surface area (Å²) in [6.45, 7) is 0. The number of hydrogen-bond acceptors (Lipinski definition) is 2. The minimum Gasteiger partial charge on any atom is -0.465 e. The summed E-state index contributed by atoms with van der Waals surface area (Å²) >= 11 is 6.02. The Labute approximate surface area is 114 Å². The molecule has 0 saturated carbocycles. The van der Waals surface area contributed by atoms with Crippen LogP contribution in [0.1, 0.15) is 11.3 Å². The molecule has 2 N–H and O–H groups in total. The topological polar surface area (TPSA) is 54.3 Å². The number of rotatable bonds is 1. The number of fused-ring (bicyclic) bond motifs is 1. The molecule has 1 atom stereocenters. The van der Waals surface area contributed by atoms with Crippen LogP contribution in [-0.4, -0.2) is 6.03 Å². The molecule has 0 spiro atoms.